The molecule has 1 heterocycles. The van der Waals surface area contributed by atoms with Crippen molar-refractivity contribution in [1.82, 2.24) is 4.90 Å². The minimum atomic E-state index is -3.46. The van der Waals surface area contributed by atoms with Gasteiger partial charge < -0.3 is 5.73 Å². The summed E-state index contributed by atoms with van der Waals surface area (Å²) in [5, 5.41) is 0. The van der Waals surface area contributed by atoms with Gasteiger partial charge in [0.1, 0.15) is 5.82 Å². The third kappa shape index (κ3) is 3.41. The van der Waals surface area contributed by atoms with E-state index in [1.807, 2.05) is 7.05 Å². The third-order valence-electron chi connectivity index (χ3n) is 3.99. The van der Waals surface area contributed by atoms with Gasteiger partial charge in [0.25, 0.3) is 0 Å². The first-order valence-electron chi connectivity index (χ1n) is 6.75. The Bertz CT molecular complexity index is 634. The van der Waals surface area contributed by atoms with Crippen LogP contribution in [0, 0.1) is 11.7 Å². The van der Waals surface area contributed by atoms with Gasteiger partial charge in [-0.3, -0.25) is 4.90 Å². The van der Waals surface area contributed by atoms with Crippen molar-refractivity contribution in [2.75, 3.05) is 32.6 Å². The molecule has 0 radical (unpaired) electrons. The second-order valence-corrected chi connectivity index (χ2v) is 8.40. The maximum atomic E-state index is 14.3. The van der Waals surface area contributed by atoms with Crippen LogP contribution in [0.2, 0.25) is 0 Å². The van der Waals surface area contributed by atoms with Gasteiger partial charge in [0, 0.05) is 18.8 Å². The van der Waals surface area contributed by atoms with E-state index in [4.69, 9.17) is 5.73 Å². The SMILES string of the molecule is CSc1c(F)cc(C2CC(CN)CN2C)cc1S(C)(=O)=O. The molecule has 2 N–H and O–H groups in total. The zero-order chi connectivity index (χ0) is 15.8. The van der Waals surface area contributed by atoms with Crippen molar-refractivity contribution in [3.63, 3.8) is 0 Å². The number of thioether (sulfide) groups is 1. The van der Waals surface area contributed by atoms with E-state index in [2.05, 4.69) is 4.90 Å². The number of nitrogens with zero attached hydrogens (tertiary/aromatic N) is 1. The lowest BCUT2D eigenvalue weighted by Gasteiger charge is -2.21. The Morgan fingerprint density at radius 3 is 2.62 bits per heavy atom. The topological polar surface area (TPSA) is 63.4 Å². The summed E-state index contributed by atoms with van der Waals surface area (Å²) < 4.78 is 38.1. The second-order valence-electron chi connectivity index (χ2n) is 5.60. The fourth-order valence-corrected chi connectivity index (χ4v) is 4.92. The molecule has 118 valence electrons. The molecule has 7 heteroatoms. The van der Waals surface area contributed by atoms with Gasteiger partial charge in [-0.05, 0) is 49.9 Å². The standard InChI is InChI=1S/C14H21FN2O2S2/c1-17-8-9(7-16)4-12(17)10-5-11(15)14(20-2)13(6-10)21(3,18)19/h5-6,9,12H,4,7-8,16H2,1-3H3. The van der Waals surface area contributed by atoms with E-state index in [0.717, 1.165) is 31.0 Å². The Morgan fingerprint density at radius 2 is 2.14 bits per heavy atom. The summed E-state index contributed by atoms with van der Waals surface area (Å²) in [7, 11) is -1.50. The lowest BCUT2D eigenvalue weighted by molar-refractivity contribution is 0.312. The number of sulfone groups is 1. The molecule has 0 aromatic heterocycles. The fourth-order valence-electron chi connectivity index (χ4n) is 2.92. The van der Waals surface area contributed by atoms with Gasteiger partial charge in [-0.1, -0.05) is 0 Å². The molecule has 1 aromatic carbocycles. The number of hydrogen-bond acceptors (Lipinski definition) is 5. The predicted molar refractivity (Wildman–Crippen MR) is 83.8 cm³/mol. The van der Waals surface area contributed by atoms with Gasteiger partial charge in [-0.15, -0.1) is 11.8 Å². The molecule has 0 bridgehead atoms. The van der Waals surface area contributed by atoms with E-state index in [-0.39, 0.29) is 15.8 Å². The highest BCUT2D eigenvalue weighted by atomic mass is 32.2. The largest absolute Gasteiger partial charge is 0.330 e. The Balaban J connectivity index is 2.49. The maximum absolute atomic E-state index is 14.3. The Hall–Kier alpha value is -0.630. The molecule has 1 aliphatic rings. The monoisotopic (exact) mass is 332 g/mol. The van der Waals surface area contributed by atoms with Crippen LogP contribution in [0.15, 0.2) is 21.9 Å². The van der Waals surface area contributed by atoms with Crippen LogP contribution in [0.4, 0.5) is 4.39 Å². The molecule has 0 amide bonds. The molecule has 1 aliphatic heterocycles. The van der Waals surface area contributed by atoms with E-state index in [9.17, 15) is 12.8 Å². The summed E-state index contributed by atoms with van der Waals surface area (Å²) >= 11 is 1.12. The summed E-state index contributed by atoms with van der Waals surface area (Å²) in [5.74, 6) is -0.102. The molecule has 0 saturated carbocycles. The van der Waals surface area contributed by atoms with Crippen LogP contribution >= 0.6 is 11.8 Å². The summed E-state index contributed by atoms with van der Waals surface area (Å²) in [6.07, 6.45) is 3.62. The smallest absolute Gasteiger partial charge is 0.176 e. The first kappa shape index (κ1) is 16.7. The first-order valence-corrected chi connectivity index (χ1v) is 9.87. The fraction of sp³-hybridized carbons (Fsp3) is 0.571. The number of likely N-dealkylation sites (tertiary alicyclic amines) is 1. The summed E-state index contributed by atoms with van der Waals surface area (Å²) in [5.41, 5.74) is 6.42. The second kappa shape index (κ2) is 6.24. The lowest BCUT2D eigenvalue weighted by atomic mass is 10.00. The van der Waals surface area contributed by atoms with Gasteiger partial charge in [0.2, 0.25) is 0 Å². The van der Waals surface area contributed by atoms with Crippen molar-refractivity contribution < 1.29 is 12.8 Å². The summed E-state index contributed by atoms with van der Waals surface area (Å²) in [6.45, 7) is 1.44. The molecule has 21 heavy (non-hydrogen) atoms. The minimum Gasteiger partial charge on any atom is -0.330 e. The lowest BCUT2D eigenvalue weighted by Crippen LogP contribution is -2.21. The maximum Gasteiger partial charge on any atom is 0.176 e. The van der Waals surface area contributed by atoms with Crippen LogP contribution in [-0.4, -0.2) is 46.0 Å². The molecule has 1 fully saturated rings. The Morgan fingerprint density at radius 1 is 1.48 bits per heavy atom. The highest BCUT2D eigenvalue weighted by Crippen LogP contribution is 2.37. The van der Waals surface area contributed by atoms with Gasteiger partial charge in [0.15, 0.2) is 9.84 Å². The normalized spacial score (nSPS) is 23.7. The van der Waals surface area contributed by atoms with Crippen LogP contribution < -0.4 is 5.73 Å². The van der Waals surface area contributed by atoms with Gasteiger partial charge >= 0.3 is 0 Å². The molecular weight excluding hydrogens is 311 g/mol. The van der Waals surface area contributed by atoms with Crippen molar-refractivity contribution in [2.24, 2.45) is 11.7 Å². The van der Waals surface area contributed by atoms with Gasteiger partial charge in [-0.25, -0.2) is 12.8 Å². The highest BCUT2D eigenvalue weighted by Gasteiger charge is 2.31. The number of hydrogen-bond donors (Lipinski definition) is 1. The van der Waals surface area contributed by atoms with Crippen LogP contribution in [0.1, 0.15) is 18.0 Å². The van der Waals surface area contributed by atoms with E-state index in [1.54, 1.807) is 12.3 Å². The molecular formula is C14H21FN2O2S2. The molecule has 0 spiro atoms. The van der Waals surface area contributed by atoms with Crippen molar-refractivity contribution in [3.05, 3.63) is 23.5 Å². The third-order valence-corrected chi connectivity index (χ3v) is 6.06. The number of halogens is 1. The number of nitrogens with two attached hydrogens (primary N) is 1. The first-order chi connectivity index (χ1) is 9.77. The zero-order valence-corrected chi connectivity index (χ0v) is 14.1. The minimum absolute atomic E-state index is 0.0180. The van der Waals surface area contributed by atoms with Crippen molar-refractivity contribution >= 4 is 21.6 Å². The van der Waals surface area contributed by atoms with E-state index < -0.39 is 15.7 Å². The van der Waals surface area contributed by atoms with E-state index in [0.29, 0.717) is 18.0 Å². The summed E-state index contributed by atoms with van der Waals surface area (Å²) in [6, 6.07) is 3.09. The molecule has 1 aromatic rings. The van der Waals surface area contributed by atoms with Crippen LogP contribution in [0.3, 0.4) is 0 Å². The Labute approximate surface area is 129 Å². The average Bonchev–Trinajstić information content (AvgIpc) is 2.78. The highest BCUT2D eigenvalue weighted by molar-refractivity contribution is 7.99. The Kier molecular flexibility index (Phi) is 4.97. The van der Waals surface area contributed by atoms with Crippen LogP contribution in [0.25, 0.3) is 0 Å². The van der Waals surface area contributed by atoms with Crippen LogP contribution in [-0.2, 0) is 9.84 Å². The van der Waals surface area contributed by atoms with Crippen molar-refractivity contribution in [1.29, 1.82) is 0 Å². The molecule has 2 atom stereocenters. The molecule has 4 nitrogen and oxygen atoms in total. The molecule has 1 saturated heterocycles. The van der Waals surface area contributed by atoms with Crippen molar-refractivity contribution in [3.8, 4) is 0 Å². The number of rotatable bonds is 4. The van der Waals surface area contributed by atoms with E-state index >= 15 is 0 Å². The average molecular weight is 332 g/mol. The van der Waals surface area contributed by atoms with Gasteiger partial charge in [-0.2, -0.15) is 0 Å². The summed E-state index contributed by atoms with van der Waals surface area (Å²) in [4.78, 5) is 2.38. The quantitative estimate of drug-likeness (QED) is 0.853. The predicted octanol–water partition coefficient (Wildman–Crippen LogP) is 1.90. The number of benzene rings is 1. The molecule has 0 aliphatic carbocycles. The van der Waals surface area contributed by atoms with Crippen LogP contribution in [0.5, 0.6) is 0 Å². The van der Waals surface area contributed by atoms with Crippen molar-refractivity contribution in [2.45, 2.75) is 22.3 Å². The molecule has 2 unspecified atom stereocenters. The zero-order valence-electron chi connectivity index (χ0n) is 12.5. The molecule has 2 rings (SSSR count). The van der Waals surface area contributed by atoms with Gasteiger partial charge in [0.05, 0.1) is 9.79 Å². The van der Waals surface area contributed by atoms with E-state index in [1.165, 1.54) is 6.07 Å².